The molecule has 180 valence electrons. The summed E-state index contributed by atoms with van der Waals surface area (Å²) in [5, 5.41) is 26.9. The fraction of sp³-hybridized carbons (Fsp3) is 0.810. The van der Waals surface area contributed by atoms with Crippen LogP contribution in [0.3, 0.4) is 0 Å². The summed E-state index contributed by atoms with van der Waals surface area (Å²) in [6.07, 6.45) is -0.210. The average molecular weight is 445 g/mol. The van der Waals surface area contributed by atoms with Gasteiger partial charge in [-0.2, -0.15) is 0 Å². The number of carbonyl (C=O) groups excluding carboxylic acids is 3. The molecule has 0 aliphatic carbocycles. The van der Waals surface area contributed by atoms with Crippen LogP contribution in [-0.4, -0.2) is 64.2 Å². The predicted octanol–water partition coefficient (Wildman–Crippen LogP) is -0.0183. The number of carbonyl (C=O) groups is 4. The molecule has 7 unspecified atom stereocenters. The van der Waals surface area contributed by atoms with Gasteiger partial charge in [0.05, 0.1) is 12.1 Å². The molecule has 0 saturated heterocycles. The molecule has 7 N–H and O–H groups in total. The number of amides is 3. The van der Waals surface area contributed by atoms with Gasteiger partial charge >= 0.3 is 5.97 Å². The van der Waals surface area contributed by atoms with E-state index in [2.05, 4.69) is 16.0 Å². The molecule has 0 saturated carbocycles. The Balaban J connectivity index is 5.54. The minimum Gasteiger partial charge on any atom is -0.480 e. The topological polar surface area (TPSA) is 171 Å². The van der Waals surface area contributed by atoms with E-state index in [1.807, 2.05) is 6.92 Å². The number of aliphatic hydroxyl groups excluding tert-OH is 1. The lowest BCUT2D eigenvalue weighted by atomic mass is 9.96. The first-order valence-corrected chi connectivity index (χ1v) is 10.9. The van der Waals surface area contributed by atoms with Crippen molar-refractivity contribution in [2.75, 3.05) is 0 Å². The molecule has 3 amide bonds. The third-order valence-electron chi connectivity index (χ3n) is 5.65. The zero-order valence-corrected chi connectivity index (χ0v) is 19.6. The van der Waals surface area contributed by atoms with Crippen molar-refractivity contribution in [3.05, 3.63) is 0 Å². The standard InChI is InChI=1S/C21H40N4O6/c1-8-11(5)15(23-18(27)14(22)10(3)4)19(28)25-17(13(7)26)20(29)24-16(21(30)31)12(6)9-2/h10-17,26H,8-9,22H2,1-7H3,(H,23,27)(H,24,29)(H,25,28)(H,30,31). The number of nitrogens with one attached hydrogen (secondary N) is 3. The number of carboxylic acid groups (broad SMARTS) is 1. The summed E-state index contributed by atoms with van der Waals surface area (Å²) < 4.78 is 0. The molecule has 10 nitrogen and oxygen atoms in total. The van der Waals surface area contributed by atoms with Gasteiger partial charge in [0.15, 0.2) is 0 Å². The molecule has 0 aliphatic rings. The Hall–Kier alpha value is -2.20. The minimum absolute atomic E-state index is 0.134. The molecular formula is C21H40N4O6. The van der Waals surface area contributed by atoms with Gasteiger partial charge in [0.2, 0.25) is 17.7 Å². The maximum atomic E-state index is 12.9. The zero-order valence-electron chi connectivity index (χ0n) is 19.6. The van der Waals surface area contributed by atoms with E-state index >= 15 is 0 Å². The maximum Gasteiger partial charge on any atom is 0.326 e. The van der Waals surface area contributed by atoms with Gasteiger partial charge in [0.25, 0.3) is 0 Å². The lowest BCUT2D eigenvalue weighted by Crippen LogP contribution is -2.61. The molecule has 0 aromatic rings. The first-order valence-electron chi connectivity index (χ1n) is 10.9. The monoisotopic (exact) mass is 444 g/mol. The van der Waals surface area contributed by atoms with Crippen LogP contribution < -0.4 is 21.7 Å². The Morgan fingerprint density at radius 3 is 1.52 bits per heavy atom. The van der Waals surface area contributed by atoms with Gasteiger partial charge in [-0.15, -0.1) is 0 Å². The van der Waals surface area contributed by atoms with Crippen molar-refractivity contribution in [1.29, 1.82) is 0 Å². The van der Waals surface area contributed by atoms with E-state index in [0.717, 1.165) is 0 Å². The zero-order chi connectivity index (χ0) is 24.5. The van der Waals surface area contributed by atoms with Crippen molar-refractivity contribution in [2.24, 2.45) is 23.5 Å². The van der Waals surface area contributed by atoms with Crippen LogP contribution in [0.1, 0.15) is 61.3 Å². The summed E-state index contributed by atoms with van der Waals surface area (Å²) in [5.41, 5.74) is 5.87. The molecule has 0 radical (unpaired) electrons. The molecule has 0 aromatic carbocycles. The fourth-order valence-electron chi connectivity index (χ4n) is 2.83. The van der Waals surface area contributed by atoms with Crippen molar-refractivity contribution in [1.82, 2.24) is 16.0 Å². The molecular weight excluding hydrogens is 404 g/mol. The predicted molar refractivity (Wildman–Crippen MR) is 117 cm³/mol. The second-order valence-corrected chi connectivity index (χ2v) is 8.58. The molecule has 0 fully saturated rings. The van der Waals surface area contributed by atoms with Gasteiger partial charge < -0.3 is 31.9 Å². The fourth-order valence-corrected chi connectivity index (χ4v) is 2.83. The van der Waals surface area contributed by atoms with E-state index < -0.39 is 54.0 Å². The average Bonchev–Trinajstić information content (AvgIpc) is 2.70. The van der Waals surface area contributed by atoms with Gasteiger partial charge in [-0.1, -0.05) is 54.4 Å². The van der Waals surface area contributed by atoms with Crippen LogP contribution in [0.15, 0.2) is 0 Å². The summed E-state index contributed by atoms with van der Waals surface area (Å²) >= 11 is 0. The molecule has 10 heteroatoms. The van der Waals surface area contributed by atoms with Gasteiger partial charge in [-0.05, 0) is 24.7 Å². The third-order valence-corrected chi connectivity index (χ3v) is 5.65. The van der Waals surface area contributed by atoms with Crippen LogP contribution in [0.5, 0.6) is 0 Å². The number of nitrogens with two attached hydrogens (primary N) is 1. The molecule has 0 aliphatic heterocycles. The van der Waals surface area contributed by atoms with Crippen LogP contribution in [0.4, 0.5) is 0 Å². The number of aliphatic carboxylic acids is 1. The van der Waals surface area contributed by atoms with Gasteiger partial charge in [-0.25, -0.2) is 4.79 Å². The van der Waals surface area contributed by atoms with E-state index in [0.29, 0.717) is 12.8 Å². The van der Waals surface area contributed by atoms with Gasteiger partial charge in [-0.3, -0.25) is 14.4 Å². The van der Waals surface area contributed by atoms with Crippen molar-refractivity contribution >= 4 is 23.7 Å². The van der Waals surface area contributed by atoms with E-state index in [4.69, 9.17) is 5.73 Å². The Labute approximate surface area is 184 Å². The quantitative estimate of drug-likeness (QED) is 0.232. The summed E-state index contributed by atoms with van der Waals surface area (Å²) in [6.45, 7) is 12.0. The molecule has 7 atom stereocenters. The lowest BCUT2D eigenvalue weighted by Gasteiger charge is -2.30. The lowest BCUT2D eigenvalue weighted by molar-refractivity contribution is -0.144. The van der Waals surface area contributed by atoms with Crippen molar-refractivity contribution < 1.29 is 29.4 Å². The SMILES string of the molecule is CCC(C)C(NC(=O)C(NC(=O)C(NC(=O)C(N)C(C)C)C(C)CC)C(C)O)C(=O)O. The Bertz CT molecular complexity index is 625. The second-order valence-electron chi connectivity index (χ2n) is 8.58. The van der Waals surface area contributed by atoms with E-state index in [1.54, 1.807) is 34.6 Å². The molecule has 31 heavy (non-hydrogen) atoms. The summed E-state index contributed by atoms with van der Waals surface area (Å²) in [5.74, 6) is -3.92. The highest BCUT2D eigenvalue weighted by Crippen LogP contribution is 2.12. The second kappa shape index (κ2) is 13.3. The van der Waals surface area contributed by atoms with E-state index in [9.17, 15) is 29.4 Å². The summed E-state index contributed by atoms with van der Waals surface area (Å²) in [4.78, 5) is 49.5. The van der Waals surface area contributed by atoms with Crippen molar-refractivity contribution in [3.8, 4) is 0 Å². The molecule has 0 rings (SSSR count). The molecule has 0 heterocycles. The number of aliphatic hydroxyl groups is 1. The first-order chi connectivity index (χ1) is 14.3. The van der Waals surface area contributed by atoms with Crippen LogP contribution in [-0.2, 0) is 19.2 Å². The Kier molecular flexibility index (Phi) is 12.3. The molecule has 0 spiro atoms. The van der Waals surface area contributed by atoms with E-state index in [-0.39, 0.29) is 17.8 Å². The number of rotatable bonds is 13. The maximum absolute atomic E-state index is 12.9. The Morgan fingerprint density at radius 2 is 1.13 bits per heavy atom. The van der Waals surface area contributed by atoms with Crippen molar-refractivity contribution in [3.63, 3.8) is 0 Å². The normalized spacial score (nSPS) is 18.1. The van der Waals surface area contributed by atoms with Crippen LogP contribution in [0.25, 0.3) is 0 Å². The smallest absolute Gasteiger partial charge is 0.326 e. The number of hydrogen-bond acceptors (Lipinski definition) is 6. The van der Waals surface area contributed by atoms with Gasteiger partial charge in [0.1, 0.15) is 18.1 Å². The summed E-state index contributed by atoms with van der Waals surface area (Å²) in [6, 6.07) is -4.33. The largest absolute Gasteiger partial charge is 0.480 e. The van der Waals surface area contributed by atoms with E-state index in [1.165, 1.54) is 6.92 Å². The minimum atomic E-state index is -1.39. The highest BCUT2D eigenvalue weighted by molar-refractivity contribution is 5.94. The highest BCUT2D eigenvalue weighted by Gasteiger charge is 2.35. The molecule has 0 aromatic heterocycles. The van der Waals surface area contributed by atoms with Crippen LogP contribution in [0, 0.1) is 17.8 Å². The highest BCUT2D eigenvalue weighted by atomic mass is 16.4. The van der Waals surface area contributed by atoms with Gasteiger partial charge in [0, 0.05) is 0 Å². The number of hydrogen-bond donors (Lipinski definition) is 6. The Morgan fingerprint density at radius 1 is 0.742 bits per heavy atom. The van der Waals surface area contributed by atoms with Crippen LogP contribution >= 0.6 is 0 Å². The summed E-state index contributed by atoms with van der Waals surface area (Å²) in [7, 11) is 0. The third kappa shape index (κ3) is 8.82. The molecule has 0 bridgehead atoms. The first kappa shape index (κ1) is 28.8. The van der Waals surface area contributed by atoms with Crippen molar-refractivity contribution in [2.45, 2.75) is 91.6 Å². The van der Waals surface area contributed by atoms with Crippen LogP contribution in [0.2, 0.25) is 0 Å². The number of carboxylic acids is 1.